The highest BCUT2D eigenvalue weighted by molar-refractivity contribution is 5.86. The molecule has 0 aliphatic rings. The fourth-order valence-corrected chi connectivity index (χ4v) is 1.01. The highest BCUT2D eigenvalue weighted by atomic mass is 16.5. The van der Waals surface area contributed by atoms with E-state index < -0.39 is 0 Å². The molecule has 0 aliphatic carbocycles. The molecule has 0 aromatic carbocycles. The van der Waals surface area contributed by atoms with Gasteiger partial charge in [-0.15, -0.1) is 0 Å². The van der Waals surface area contributed by atoms with E-state index in [1.807, 2.05) is 0 Å². The Labute approximate surface area is 92.5 Å². The summed E-state index contributed by atoms with van der Waals surface area (Å²) in [6.45, 7) is 9.19. The highest BCUT2D eigenvalue weighted by Crippen LogP contribution is 1.96. The third-order valence-electron chi connectivity index (χ3n) is 1.91. The number of unbranched alkanes of at least 4 members (excludes halogenated alkanes) is 2. The molecule has 15 heavy (non-hydrogen) atoms. The minimum Gasteiger partial charge on any atom is -0.462 e. The van der Waals surface area contributed by atoms with Crippen LogP contribution in [0.25, 0.3) is 0 Å². The number of rotatable bonds is 9. The van der Waals surface area contributed by atoms with Crippen molar-refractivity contribution in [2.24, 2.45) is 0 Å². The predicted octanol–water partition coefficient (Wildman–Crippen LogP) is 2.70. The Morgan fingerprint density at radius 1 is 1.13 bits per heavy atom. The number of hydrogen-bond acceptors (Lipinski definition) is 3. The van der Waals surface area contributed by atoms with E-state index in [-0.39, 0.29) is 5.97 Å². The molecule has 88 valence electrons. The first kappa shape index (κ1) is 14.2. The lowest BCUT2D eigenvalue weighted by Gasteiger charge is -2.05. The average Bonchev–Trinajstić information content (AvgIpc) is 2.21. The first-order valence-electron chi connectivity index (χ1n) is 5.58. The van der Waals surface area contributed by atoms with Crippen LogP contribution in [0.15, 0.2) is 12.2 Å². The van der Waals surface area contributed by atoms with E-state index in [1.165, 1.54) is 12.8 Å². The number of ether oxygens (including phenoxy) is 2. The van der Waals surface area contributed by atoms with E-state index in [0.717, 1.165) is 19.4 Å². The van der Waals surface area contributed by atoms with Crippen molar-refractivity contribution in [2.45, 2.75) is 39.5 Å². The van der Waals surface area contributed by atoms with Crippen LogP contribution in [0.5, 0.6) is 0 Å². The maximum absolute atomic E-state index is 11.0. The summed E-state index contributed by atoms with van der Waals surface area (Å²) in [5.74, 6) is -0.319. The Hall–Kier alpha value is -0.830. The van der Waals surface area contributed by atoms with Gasteiger partial charge in [0.25, 0.3) is 0 Å². The van der Waals surface area contributed by atoms with Crippen molar-refractivity contribution in [1.29, 1.82) is 0 Å². The van der Waals surface area contributed by atoms with Gasteiger partial charge in [0.15, 0.2) is 0 Å². The maximum atomic E-state index is 11.0. The monoisotopic (exact) mass is 214 g/mol. The van der Waals surface area contributed by atoms with E-state index in [2.05, 4.69) is 13.5 Å². The van der Waals surface area contributed by atoms with Gasteiger partial charge in [-0.25, -0.2) is 4.79 Å². The van der Waals surface area contributed by atoms with Crippen molar-refractivity contribution in [2.75, 3.05) is 19.8 Å². The second kappa shape index (κ2) is 9.71. The highest BCUT2D eigenvalue weighted by Gasteiger charge is 2.01. The van der Waals surface area contributed by atoms with Crippen LogP contribution in [0, 0.1) is 0 Å². The summed E-state index contributed by atoms with van der Waals surface area (Å²) in [6, 6.07) is 0. The minimum absolute atomic E-state index is 0.319. The Bertz CT molecular complexity index is 187. The minimum atomic E-state index is -0.319. The van der Waals surface area contributed by atoms with E-state index in [0.29, 0.717) is 18.8 Å². The molecule has 0 saturated heterocycles. The molecule has 0 aromatic heterocycles. The molecule has 0 amide bonds. The van der Waals surface area contributed by atoms with Crippen LogP contribution in [-0.2, 0) is 14.3 Å². The molecular weight excluding hydrogens is 192 g/mol. The predicted molar refractivity (Wildman–Crippen MR) is 60.7 cm³/mol. The van der Waals surface area contributed by atoms with Gasteiger partial charge in [0, 0.05) is 25.2 Å². The van der Waals surface area contributed by atoms with Crippen molar-refractivity contribution in [3.63, 3.8) is 0 Å². The molecule has 0 N–H and O–H groups in total. The van der Waals surface area contributed by atoms with Gasteiger partial charge in [0.05, 0.1) is 6.61 Å². The summed E-state index contributed by atoms with van der Waals surface area (Å²) in [5.41, 5.74) is 0.443. The van der Waals surface area contributed by atoms with Crippen molar-refractivity contribution >= 4 is 5.97 Å². The Balaban J connectivity index is 3.11. The van der Waals surface area contributed by atoms with Crippen molar-refractivity contribution in [1.82, 2.24) is 0 Å². The quantitative estimate of drug-likeness (QED) is 0.336. The van der Waals surface area contributed by atoms with E-state index in [9.17, 15) is 4.79 Å². The van der Waals surface area contributed by atoms with Gasteiger partial charge in [-0.05, 0) is 13.3 Å². The summed E-state index contributed by atoms with van der Waals surface area (Å²) in [7, 11) is 0. The topological polar surface area (TPSA) is 35.5 Å². The Morgan fingerprint density at radius 2 is 1.80 bits per heavy atom. The van der Waals surface area contributed by atoms with Crippen molar-refractivity contribution in [3.8, 4) is 0 Å². The maximum Gasteiger partial charge on any atom is 0.333 e. The molecular formula is C12H22O3. The zero-order valence-electron chi connectivity index (χ0n) is 9.88. The van der Waals surface area contributed by atoms with Gasteiger partial charge in [-0.1, -0.05) is 26.3 Å². The molecule has 3 heteroatoms. The van der Waals surface area contributed by atoms with Crippen LogP contribution in [0.4, 0.5) is 0 Å². The summed E-state index contributed by atoms with van der Waals surface area (Å²) < 4.78 is 10.3. The van der Waals surface area contributed by atoms with Crippen molar-refractivity contribution < 1.29 is 14.3 Å². The van der Waals surface area contributed by atoms with Gasteiger partial charge in [-0.2, -0.15) is 0 Å². The first-order valence-corrected chi connectivity index (χ1v) is 5.58. The molecule has 0 atom stereocenters. The summed E-state index contributed by atoms with van der Waals surface area (Å²) >= 11 is 0. The molecule has 0 saturated carbocycles. The van der Waals surface area contributed by atoms with Gasteiger partial charge < -0.3 is 9.47 Å². The number of esters is 1. The zero-order chi connectivity index (χ0) is 11.5. The standard InChI is InChI=1S/C12H22O3/c1-4-5-6-8-14-9-7-10-15-12(13)11(2)3/h2,4-10H2,1,3H3. The van der Waals surface area contributed by atoms with Crippen LogP contribution in [0.1, 0.15) is 39.5 Å². The smallest absolute Gasteiger partial charge is 0.333 e. The zero-order valence-corrected chi connectivity index (χ0v) is 9.88. The third-order valence-corrected chi connectivity index (χ3v) is 1.91. The molecule has 0 fully saturated rings. The fourth-order valence-electron chi connectivity index (χ4n) is 1.01. The average molecular weight is 214 g/mol. The first-order chi connectivity index (χ1) is 7.18. The van der Waals surface area contributed by atoms with Crippen molar-refractivity contribution in [3.05, 3.63) is 12.2 Å². The lowest BCUT2D eigenvalue weighted by Crippen LogP contribution is -2.08. The fraction of sp³-hybridized carbons (Fsp3) is 0.750. The second-order valence-electron chi connectivity index (χ2n) is 3.59. The van der Waals surface area contributed by atoms with Crippen LogP contribution in [0.2, 0.25) is 0 Å². The van der Waals surface area contributed by atoms with Crippen LogP contribution in [0.3, 0.4) is 0 Å². The Morgan fingerprint density at radius 3 is 2.40 bits per heavy atom. The SMILES string of the molecule is C=C(C)C(=O)OCCCOCCCCC. The molecule has 0 radical (unpaired) electrons. The normalized spacial score (nSPS) is 10.0. The number of carbonyl (C=O) groups is 1. The lowest BCUT2D eigenvalue weighted by atomic mass is 10.3. The van der Waals surface area contributed by atoms with Gasteiger partial charge in [-0.3, -0.25) is 0 Å². The van der Waals surface area contributed by atoms with E-state index >= 15 is 0 Å². The molecule has 0 aromatic rings. The largest absolute Gasteiger partial charge is 0.462 e. The molecule has 0 heterocycles. The molecule has 0 unspecified atom stereocenters. The number of hydrogen-bond donors (Lipinski definition) is 0. The van der Waals surface area contributed by atoms with Gasteiger partial charge in [0.1, 0.15) is 0 Å². The molecule has 0 spiro atoms. The number of carbonyl (C=O) groups excluding carboxylic acids is 1. The molecule has 3 nitrogen and oxygen atoms in total. The molecule has 0 bridgehead atoms. The second-order valence-corrected chi connectivity index (χ2v) is 3.59. The summed E-state index contributed by atoms with van der Waals surface area (Å²) in [6.07, 6.45) is 4.29. The van der Waals surface area contributed by atoms with E-state index in [4.69, 9.17) is 9.47 Å². The summed E-state index contributed by atoms with van der Waals surface area (Å²) in [5, 5.41) is 0. The van der Waals surface area contributed by atoms with Crippen LogP contribution >= 0.6 is 0 Å². The molecule has 0 rings (SSSR count). The molecule has 0 aliphatic heterocycles. The third kappa shape index (κ3) is 9.47. The lowest BCUT2D eigenvalue weighted by molar-refractivity contribution is -0.139. The van der Waals surface area contributed by atoms with E-state index in [1.54, 1.807) is 6.92 Å². The van der Waals surface area contributed by atoms with Crippen LogP contribution < -0.4 is 0 Å². The van der Waals surface area contributed by atoms with Gasteiger partial charge in [0.2, 0.25) is 0 Å². The Kier molecular flexibility index (Phi) is 9.18. The van der Waals surface area contributed by atoms with Crippen LogP contribution in [-0.4, -0.2) is 25.8 Å². The summed E-state index contributed by atoms with van der Waals surface area (Å²) in [4.78, 5) is 11.0. The van der Waals surface area contributed by atoms with Gasteiger partial charge >= 0.3 is 5.97 Å².